The van der Waals surface area contributed by atoms with E-state index in [1.807, 2.05) is 43.5 Å². The Balaban J connectivity index is 1.78. The maximum Gasteiger partial charge on any atom is 0.349 e. The van der Waals surface area contributed by atoms with Gasteiger partial charge in [-0.25, -0.2) is 4.79 Å². The molecule has 0 saturated heterocycles. The number of ether oxygens (including phenoxy) is 1. The van der Waals surface area contributed by atoms with Crippen LogP contribution in [-0.2, 0) is 16.0 Å². The van der Waals surface area contributed by atoms with Gasteiger partial charge in [0.1, 0.15) is 4.88 Å². The molecule has 1 aromatic heterocycles. The molecule has 1 N–H and O–H groups in total. The molecule has 2 atom stereocenters. The summed E-state index contributed by atoms with van der Waals surface area (Å²) in [6, 6.07) is 12.0. The average molecular weight is 345 g/mol. The van der Waals surface area contributed by atoms with Crippen LogP contribution in [0.5, 0.6) is 0 Å². The summed E-state index contributed by atoms with van der Waals surface area (Å²) < 4.78 is 5.26. The van der Waals surface area contributed by atoms with Crippen molar-refractivity contribution < 1.29 is 14.3 Å². The molecular formula is C19H23NO3S. The Bertz CT molecular complexity index is 681. The summed E-state index contributed by atoms with van der Waals surface area (Å²) >= 11 is 1.32. The number of thiophene rings is 1. The van der Waals surface area contributed by atoms with Crippen molar-refractivity contribution in [1.29, 1.82) is 0 Å². The number of carbonyl (C=O) groups is 2. The smallest absolute Gasteiger partial charge is 0.349 e. The molecule has 5 heteroatoms. The van der Waals surface area contributed by atoms with Gasteiger partial charge in [-0.15, -0.1) is 11.3 Å². The van der Waals surface area contributed by atoms with E-state index in [0.29, 0.717) is 4.88 Å². The quantitative estimate of drug-likeness (QED) is 0.778. The molecule has 1 amide bonds. The first kappa shape index (κ1) is 18.2. The molecule has 1 heterocycles. The van der Waals surface area contributed by atoms with Gasteiger partial charge in [-0.3, -0.25) is 4.79 Å². The summed E-state index contributed by atoms with van der Waals surface area (Å²) in [6.45, 7) is 5.41. The molecule has 0 aliphatic carbocycles. The largest absolute Gasteiger partial charge is 0.448 e. The zero-order valence-corrected chi connectivity index (χ0v) is 15.1. The fourth-order valence-corrected chi connectivity index (χ4v) is 3.12. The Kier molecular flexibility index (Phi) is 6.55. The molecule has 2 aromatic rings. The van der Waals surface area contributed by atoms with E-state index in [-0.39, 0.29) is 11.9 Å². The van der Waals surface area contributed by atoms with Gasteiger partial charge >= 0.3 is 5.97 Å². The van der Waals surface area contributed by atoms with Crippen molar-refractivity contribution in [3.8, 4) is 0 Å². The molecular weight excluding hydrogens is 322 g/mol. The van der Waals surface area contributed by atoms with Crippen LogP contribution in [0.2, 0.25) is 0 Å². The third-order valence-electron chi connectivity index (χ3n) is 3.80. The number of benzene rings is 1. The van der Waals surface area contributed by atoms with E-state index in [2.05, 4.69) is 17.4 Å². The molecule has 24 heavy (non-hydrogen) atoms. The Morgan fingerprint density at radius 3 is 2.50 bits per heavy atom. The van der Waals surface area contributed by atoms with Crippen LogP contribution in [0.25, 0.3) is 0 Å². The molecule has 0 radical (unpaired) electrons. The first-order chi connectivity index (χ1) is 11.5. The standard InChI is InChI=1S/C19H23NO3S/c1-13-11-12-24-17(13)19(22)23-15(3)18(21)20-14(2)9-10-16-7-5-4-6-8-16/h4-8,11-12,14-15H,9-10H2,1-3H3,(H,20,21)/t14-,15+/m1/s1. The van der Waals surface area contributed by atoms with Crippen molar-refractivity contribution >= 4 is 23.2 Å². The topological polar surface area (TPSA) is 55.4 Å². The molecule has 1 aromatic carbocycles. The van der Waals surface area contributed by atoms with E-state index in [9.17, 15) is 9.59 Å². The van der Waals surface area contributed by atoms with Gasteiger partial charge in [-0.2, -0.15) is 0 Å². The normalized spacial score (nSPS) is 13.1. The lowest BCUT2D eigenvalue weighted by molar-refractivity contribution is -0.129. The highest BCUT2D eigenvalue weighted by Gasteiger charge is 2.21. The number of hydrogen-bond acceptors (Lipinski definition) is 4. The maximum atomic E-state index is 12.2. The summed E-state index contributed by atoms with van der Waals surface area (Å²) in [5.74, 6) is -0.708. The minimum absolute atomic E-state index is 0.0160. The molecule has 2 rings (SSSR count). The summed E-state index contributed by atoms with van der Waals surface area (Å²) in [7, 11) is 0. The molecule has 4 nitrogen and oxygen atoms in total. The third-order valence-corrected chi connectivity index (χ3v) is 4.79. The molecule has 128 valence electrons. The zero-order valence-electron chi connectivity index (χ0n) is 14.2. The predicted octanol–water partition coefficient (Wildman–Crippen LogP) is 3.74. The van der Waals surface area contributed by atoms with Crippen molar-refractivity contribution in [2.75, 3.05) is 0 Å². The lowest BCUT2D eigenvalue weighted by atomic mass is 10.1. The Labute approximate surface area is 146 Å². The minimum atomic E-state index is -0.807. The van der Waals surface area contributed by atoms with Crippen molar-refractivity contribution in [3.05, 3.63) is 57.8 Å². The number of carbonyl (C=O) groups excluding carboxylic acids is 2. The lowest BCUT2D eigenvalue weighted by Gasteiger charge is -2.18. The molecule has 0 bridgehead atoms. The Hall–Kier alpha value is -2.14. The Morgan fingerprint density at radius 1 is 1.17 bits per heavy atom. The fraction of sp³-hybridized carbons (Fsp3) is 0.368. The molecule has 0 aliphatic rings. The van der Waals surface area contributed by atoms with E-state index >= 15 is 0 Å². The van der Waals surface area contributed by atoms with Crippen LogP contribution in [0, 0.1) is 6.92 Å². The van der Waals surface area contributed by atoms with Gasteiger partial charge in [0.2, 0.25) is 0 Å². The minimum Gasteiger partial charge on any atom is -0.448 e. The molecule has 0 spiro atoms. The second-order valence-electron chi connectivity index (χ2n) is 5.91. The highest BCUT2D eigenvalue weighted by atomic mass is 32.1. The molecule has 0 fully saturated rings. The van der Waals surface area contributed by atoms with Crippen molar-refractivity contribution in [3.63, 3.8) is 0 Å². The lowest BCUT2D eigenvalue weighted by Crippen LogP contribution is -2.41. The van der Waals surface area contributed by atoms with Gasteiger partial charge in [0.05, 0.1) is 0 Å². The third kappa shape index (κ3) is 5.20. The van der Waals surface area contributed by atoms with Gasteiger partial charge in [0.25, 0.3) is 5.91 Å². The number of rotatable bonds is 7. The highest BCUT2D eigenvalue weighted by Crippen LogP contribution is 2.17. The highest BCUT2D eigenvalue weighted by molar-refractivity contribution is 7.12. The van der Waals surface area contributed by atoms with Gasteiger partial charge in [0.15, 0.2) is 6.10 Å². The maximum absolute atomic E-state index is 12.2. The van der Waals surface area contributed by atoms with Gasteiger partial charge < -0.3 is 10.1 Å². The second-order valence-corrected chi connectivity index (χ2v) is 6.83. The first-order valence-electron chi connectivity index (χ1n) is 8.06. The van der Waals surface area contributed by atoms with E-state index in [0.717, 1.165) is 18.4 Å². The molecule has 0 unspecified atom stereocenters. The Morgan fingerprint density at radius 2 is 1.88 bits per heavy atom. The van der Waals surface area contributed by atoms with E-state index in [4.69, 9.17) is 4.74 Å². The van der Waals surface area contributed by atoms with Crippen LogP contribution in [0.1, 0.15) is 41.1 Å². The summed E-state index contributed by atoms with van der Waals surface area (Å²) in [6.07, 6.45) is 0.920. The number of aryl methyl sites for hydroxylation is 2. The average Bonchev–Trinajstić information content (AvgIpc) is 3.00. The van der Waals surface area contributed by atoms with Gasteiger partial charge in [0, 0.05) is 6.04 Å². The summed E-state index contributed by atoms with van der Waals surface area (Å²) in [5.41, 5.74) is 2.11. The van der Waals surface area contributed by atoms with Crippen LogP contribution in [0.15, 0.2) is 41.8 Å². The monoisotopic (exact) mass is 345 g/mol. The van der Waals surface area contributed by atoms with Gasteiger partial charge in [-0.05, 0) is 56.2 Å². The van der Waals surface area contributed by atoms with E-state index in [1.54, 1.807) is 6.92 Å². The van der Waals surface area contributed by atoms with Crippen LogP contribution < -0.4 is 5.32 Å². The second kappa shape index (κ2) is 8.64. The number of nitrogens with one attached hydrogen (secondary N) is 1. The summed E-state index contributed by atoms with van der Waals surface area (Å²) in [4.78, 5) is 24.8. The van der Waals surface area contributed by atoms with Crippen LogP contribution in [0.3, 0.4) is 0 Å². The van der Waals surface area contributed by atoms with Crippen molar-refractivity contribution in [1.82, 2.24) is 5.32 Å². The van der Waals surface area contributed by atoms with E-state index < -0.39 is 12.1 Å². The fourth-order valence-electron chi connectivity index (χ4n) is 2.31. The molecule has 0 saturated carbocycles. The summed E-state index contributed by atoms with van der Waals surface area (Å²) in [5, 5.41) is 4.74. The van der Waals surface area contributed by atoms with Crippen molar-refractivity contribution in [2.24, 2.45) is 0 Å². The first-order valence-corrected chi connectivity index (χ1v) is 8.94. The SMILES string of the molecule is Cc1ccsc1C(=O)O[C@@H](C)C(=O)N[C@H](C)CCc1ccccc1. The number of esters is 1. The van der Waals surface area contributed by atoms with Crippen LogP contribution in [-0.4, -0.2) is 24.0 Å². The van der Waals surface area contributed by atoms with Gasteiger partial charge in [-0.1, -0.05) is 30.3 Å². The predicted molar refractivity (Wildman–Crippen MR) is 96.3 cm³/mol. The molecule has 0 aliphatic heterocycles. The van der Waals surface area contributed by atoms with Crippen LogP contribution in [0.4, 0.5) is 0 Å². The van der Waals surface area contributed by atoms with Crippen molar-refractivity contribution in [2.45, 2.75) is 45.8 Å². The zero-order chi connectivity index (χ0) is 17.5. The number of amides is 1. The van der Waals surface area contributed by atoms with E-state index in [1.165, 1.54) is 16.9 Å². The number of hydrogen-bond donors (Lipinski definition) is 1. The van der Waals surface area contributed by atoms with Crippen LogP contribution >= 0.6 is 11.3 Å².